The number of ether oxygens (including phenoxy) is 1. The van der Waals surface area contributed by atoms with Gasteiger partial charge in [0.05, 0.1) is 6.61 Å². The second-order valence-corrected chi connectivity index (χ2v) is 4.76. The van der Waals surface area contributed by atoms with Gasteiger partial charge < -0.3 is 14.1 Å². The normalized spacial score (nSPS) is 20.5. The average molecular weight is 260 g/mol. The first-order valence-electron chi connectivity index (χ1n) is 5.97. The highest BCUT2D eigenvalue weighted by Gasteiger charge is 2.18. The van der Waals surface area contributed by atoms with Crippen molar-refractivity contribution in [3.8, 4) is 0 Å². The predicted octanol–water partition coefficient (Wildman–Crippen LogP) is 1.71. The van der Waals surface area contributed by atoms with Crippen molar-refractivity contribution in [3.05, 3.63) is 5.89 Å². The lowest BCUT2D eigenvalue weighted by atomic mass is 10.0. The largest absolute Gasteiger partial charge is 0.408 e. The molecular formula is C11H18ClN3O2. The van der Waals surface area contributed by atoms with Crippen LogP contribution < -0.4 is 4.90 Å². The van der Waals surface area contributed by atoms with E-state index in [1.807, 2.05) is 11.9 Å². The van der Waals surface area contributed by atoms with Crippen molar-refractivity contribution in [3.63, 3.8) is 0 Å². The van der Waals surface area contributed by atoms with E-state index in [0.29, 0.717) is 30.1 Å². The zero-order valence-corrected chi connectivity index (χ0v) is 10.8. The number of halogens is 1. The Balaban J connectivity index is 1.86. The van der Waals surface area contributed by atoms with Gasteiger partial charge in [-0.15, -0.1) is 16.7 Å². The minimum Gasteiger partial charge on any atom is -0.408 e. The topological polar surface area (TPSA) is 51.4 Å². The van der Waals surface area contributed by atoms with Crippen LogP contribution in [0.1, 0.15) is 18.7 Å². The standard InChI is InChI=1S/C11H18ClN3O2/c1-15(7-9-3-2-6-16-8-9)11-14-13-10(17-11)4-5-12/h9H,2-8H2,1H3. The third-order valence-corrected chi connectivity index (χ3v) is 3.07. The summed E-state index contributed by atoms with van der Waals surface area (Å²) in [5.74, 6) is 1.65. The van der Waals surface area contributed by atoms with Crippen molar-refractivity contribution < 1.29 is 9.15 Å². The summed E-state index contributed by atoms with van der Waals surface area (Å²) in [6.45, 7) is 2.61. The Morgan fingerprint density at radius 1 is 1.47 bits per heavy atom. The summed E-state index contributed by atoms with van der Waals surface area (Å²) in [6.07, 6.45) is 2.96. The average Bonchev–Trinajstić information content (AvgIpc) is 2.79. The number of hydrogen-bond donors (Lipinski definition) is 0. The van der Waals surface area contributed by atoms with E-state index in [9.17, 15) is 0 Å². The molecular weight excluding hydrogens is 242 g/mol. The highest BCUT2D eigenvalue weighted by atomic mass is 35.5. The van der Waals surface area contributed by atoms with Crippen molar-refractivity contribution in [1.82, 2.24) is 10.2 Å². The van der Waals surface area contributed by atoms with Crippen LogP contribution in [0.15, 0.2) is 4.42 Å². The Hall–Kier alpha value is -0.810. The molecule has 0 amide bonds. The van der Waals surface area contributed by atoms with Gasteiger partial charge in [0.15, 0.2) is 0 Å². The molecule has 1 aromatic rings. The van der Waals surface area contributed by atoms with Crippen molar-refractivity contribution in [2.75, 3.05) is 37.6 Å². The summed E-state index contributed by atoms with van der Waals surface area (Å²) < 4.78 is 11.0. The fraction of sp³-hybridized carbons (Fsp3) is 0.818. The third kappa shape index (κ3) is 3.57. The smallest absolute Gasteiger partial charge is 0.317 e. The monoisotopic (exact) mass is 259 g/mol. The minimum absolute atomic E-state index is 0.502. The second-order valence-electron chi connectivity index (χ2n) is 4.38. The summed E-state index contributed by atoms with van der Waals surface area (Å²) in [4.78, 5) is 1.99. The van der Waals surface area contributed by atoms with Crippen LogP contribution in [-0.4, -0.2) is 42.9 Å². The van der Waals surface area contributed by atoms with Crippen molar-refractivity contribution in [1.29, 1.82) is 0 Å². The number of nitrogens with zero attached hydrogens (tertiary/aromatic N) is 3. The molecule has 1 atom stereocenters. The van der Waals surface area contributed by atoms with Gasteiger partial charge in [-0.25, -0.2) is 0 Å². The van der Waals surface area contributed by atoms with Crippen LogP contribution in [0.25, 0.3) is 0 Å². The van der Waals surface area contributed by atoms with Crippen LogP contribution >= 0.6 is 11.6 Å². The molecule has 1 saturated heterocycles. The number of aryl methyl sites for hydroxylation is 1. The van der Waals surface area contributed by atoms with Crippen LogP contribution in [0.2, 0.25) is 0 Å². The van der Waals surface area contributed by atoms with E-state index < -0.39 is 0 Å². The quantitative estimate of drug-likeness (QED) is 0.754. The molecule has 1 aliphatic rings. The molecule has 0 aliphatic carbocycles. The zero-order valence-electron chi connectivity index (χ0n) is 10.1. The maximum atomic E-state index is 5.62. The third-order valence-electron chi connectivity index (χ3n) is 2.88. The predicted molar refractivity (Wildman–Crippen MR) is 65.5 cm³/mol. The van der Waals surface area contributed by atoms with Crippen molar-refractivity contribution >= 4 is 17.6 Å². The van der Waals surface area contributed by atoms with Gasteiger partial charge in [-0.2, -0.15) is 0 Å². The van der Waals surface area contributed by atoms with E-state index in [4.69, 9.17) is 20.8 Å². The number of hydrogen-bond acceptors (Lipinski definition) is 5. The number of aromatic nitrogens is 2. The van der Waals surface area contributed by atoms with Crippen LogP contribution in [0.5, 0.6) is 0 Å². The van der Waals surface area contributed by atoms with Crippen LogP contribution in [0, 0.1) is 5.92 Å². The molecule has 0 radical (unpaired) electrons. The fourth-order valence-electron chi connectivity index (χ4n) is 2.00. The molecule has 2 heterocycles. The molecule has 96 valence electrons. The molecule has 0 N–H and O–H groups in total. The maximum Gasteiger partial charge on any atom is 0.317 e. The molecule has 1 fully saturated rings. The summed E-state index contributed by atoms with van der Waals surface area (Å²) in [7, 11) is 1.96. The number of rotatable bonds is 5. The van der Waals surface area contributed by atoms with Crippen LogP contribution in [0.4, 0.5) is 6.01 Å². The molecule has 1 aliphatic heterocycles. The highest BCUT2D eigenvalue weighted by molar-refractivity contribution is 6.17. The molecule has 0 aromatic carbocycles. The van der Waals surface area contributed by atoms with Crippen molar-refractivity contribution in [2.45, 2.75) is 19.3 Å². The van der Waals surface area contributed by atoms with E-state index in [2.05, 4.69) is 10.2 Å². The molecule has 17 heavy (non-hydrogen) atoms. The second kappa shape index (κ2) is 6.21. The Morgan fingerprint density at radius 2 is 2.35 bits per heavy atom. The SMILES string of the molecule is CN(CC1CCCOC1)c1nnc(CCCl)o1. The van der Waals surface area contributed by atoms with Crippen LogP contribution in [0.3, 0.4) is 0 Å². The van der Waals surface area contributed by atoms with Gasteiger partial charge in [-0.3, -0.25) is 0 Å². The van der Waals surface area contributed by atoms with E-state index >= 15 is 0 Å². The number of alkyl halides is 1. The minimum atomic E-state index is 0.502. The van der Waals surface area contributed by atoms with E-state index in [1.165, 1.54) is 6.42 Å². The first-order valence-corrected chi connectivity index (χ1v) is 6.50. The van der Waals surface area contributed by atoms with Gasteiger partial charge in [0.1, 0.15) is 0 Å². The first kappa shape index (κ1) is 12.6. The Morgan fingerprint density at radius 3 is 3.06 bits per heavy atom. The Labute approximate surface area is 106 Å². The summed E-state index contributed by atoms with van der Waals surface area (Å²) in [5, 5.41) is 7.96. The van der Waals surface area contributed by atoms with Gasteiger partial charge in [-0.1, -0.05) is 5.10 Å². The molecule has 2 rings (SSSR count). The lowest BCUT2D eigenvalue weighted by Gasteiger charge is -2.25. The van der Waals surface area contributed by atoms with Gasteiger partial charge in [-0.05, 0) is 12.8 Å². The number of anilines is 1. The highest BCUT2D eigenvalue weighted by Crippen LogP contribution is 2.18. The van der Waals surface area contributed by atoms with E-state index in [-0.39, 0.29) is 0 Å². The van der Waals surface area contributed by atoms with Crippen molar-refractivity contribution in [2.24, 2.45) is 5.92 Å². The fourth-order valence-corrected chi connectivity index (χ4v) is 2.16. The van der Waals surface area contributed by atoms with Gasteiger partial charge in [0.2, 0.25) is 5.89 Å². The van der Waals surface area contributed by atoms with Gasteiger partial charge in [0, 0.05) is 38.4 Å². The van der Waals surface area contributed by atoms with E-state index in [1.54, 1.807) is 0 Å². The lowest BCUT2D eigenvalue weighted by Crippen LogP contribution is -2.31. The Kier molecular flexibility index (Phi) is 4.62. The molecule has 0 saturated carbocycles. The molecule has 1 unspecified atom stereocenters. The van der Waals surface area contributed by atoms with E-state index in [0.717, 1.165) is 26.2 Å². The lowest BCUT2D eigenvalue weighted by molar-refractivity contribution is 0.0573. The Bertz CT molecular complexity index is 339. The molecule has 6 heteroatoms. The summed E-state index contributed by atoms with van der Waals surface area (Å²) in [5.41, 5.74) is 0. The zero-order chi connectivity index (χ0) is 12.1. The maximum absolute atomic E-state index is 5.62. The molecule has 1 aromatic heterocycles. The first-order chi connectivity index (χ1) is 8.29. The summed E-state index contributed by atoms with van der Waals surface area (Å²) >= 11 is 5.62. The molecule has 0 spiro atoms. The molecule has 5 nitrogen and oxygen atoms in total. The van der Waals surface area contributed by atoms with Gasteiger partial charge in [0.25, 0.3) is 0 Å². The molecule has 0 bridgehead atoms. The van der Waals surface area contributed by atoms with Crippen LogP contribution in [-0.2, 0) is 11.2 Å². The summed E-state index contributed by atoms with van der Waals surface area (Å²) in [6, 6.07) is 0.565. The van der Waals surface area contributed by atoms with Gasteiger partial charge >= 0.3 is 6.01 Å².